The second-order valence-corrected chi connectivity index (χ2v) is 10.6. The van der Waals surface area contributed by atoms with Crippen molar-refractivity contribution in [2.45, 2.75) is 35.4 Å². The molecule has 1 fully saturated rings. The molecule has 0 amide bonds. The Balaban J connectivity index is 1.62. The lowest BCUT2D eigenvalue weighted by Gasteiger charge is -2.21. The lowest BCUT2D eigenvalue weighted by molar-refractivity contribution is -0.310. The summed E-state index contributed by atoms with van der Waals surface area (Å²) in [5.74, 6) is -5.71. The van der Waals surface area contributed by atoms with Gasteiger partial charge >= 0.3 is 0 Å². The van der Waals surface area contributed by atoms with Crippen LogP contribution in [-0.2, 0) is 20.7 Å². The van der Waals surface area contributed by atoms with Gasteiger partial charge < -0.3 is 9.90 Å². The minimum Gasteiger partial charge on any atom is -0.548 e. The minimum absolute atomic E-state index is 0.151. The van der Waals surface area contributed by atoms with E-state index in [2.05, 4.69) is 14.9 Å². The van der Waals surface area contributed by atoms with E-state index in [0.717, 1.165) is 24.3 Å². The van der Waals surface area contributed by atoms with Gasteiger partial charge in [0.1, 0.15) is 15.6 Å². The minimum atomic E-state index is -4.22. The number of aliphatic carboxylic acids is 1. The highest BCUT2D eigenvalue weighted by atomic mass is 32.2. The van der Waals surface area contributed by atoms with Crippen molar-refractivity contribution in [3.63, 3.8) is 0 Å². The predicted molar refractivity (Wildman–Crippen MR) is 108 cm³/mol. The van der Waals surface area contributed by atoms with E-state index >= 15 is 0 Å². The van der Waals surface area contributed by atoms with Crippen LogP contribution in [0.3, 0.4) is 0 Å². The van der Waals surface area contributed by atoms with Crippen molar-refractivity contribution in [1.29, 1.82) is 0 Å². The molecule has 2 heterocycles. The summed E-state index contributed by atoms with van der Waals surface area (Å²) in [6.45, 7) is 2.36. The molecule has 1 unspecified atom stereocenters. The molecule has 3 atom stereocenters. The fraction of sp³-hybridized carbons (Fsp3) is 0.300. The second kappa shape index (κ2) is 7.21. The van der Waals surface area contributed by atoms with E-state index in [1.54, 1.807) is 37.3 Å². The molecule has 2 aromatic heterocycles. The summed E-state index contributed by atoms with van der Waals surface area (Å²) < 4.78 is 55.0. The van der Waals surface area contributed by atoms with Gasteiger partial charge in [-0.25, -0.2) is 8.42 Å². The zero-order chi connectivity index (χ0) is 22.6. The molecule has 1 aliphatic carbocycles. The summed E-state index contributed by atoms with van der Waals surface area (Å²) >= 11 is 0.804. The molecule has 1 saturated carbocycles. The predicted octanol–water partition coefficient (Wildman–Crippen LogP) is 2.45. The van der Waals surface area contributed by atoms with Gasteiger partial charge in [0.15, 0.2) is 0 Å². The lowest BCUT2D eigenvalue weighted by Crippen LogP contribution is -2.52. The van der Waals surface area contributed by atoms with Gasteiger partial charge in [-0.15, -0.1) is 11.3 Å². The van der Waals surface area contributed by atoms with Gasteiger partial charge in [-0.05, 0) is 29.7 Å². The topological polar surface area (TPSA) is 115 Å². The van der Waals surface area contributed by atoms with E-state index in [9.17, 15) is 27.1 Å². The molecule has 7 nitrogen and oxygen atoms in total. The van der Waals surface area contributed by atoms with Crippen molar-refractivity contribution < 1.29 is 27.1 Å². The Labute approximate surface area is 181 Å². The van der Waals surface area contributed by atoms with Crippen LogP contribution in [0.1, 0.15) is 31.0 Å². The van der Waals surface area contributed by atoms with Crippen molar-refractivity contribution in [3.05, 3.63) is 59.8 Å². The van der Waals surface area contributed by atoms with Crippen molar-refractivity contribution in [1.82, 2.24) is 14.9 Å². The number of alkyl halides is 2. The summed E-state index contributed by atoms with van der Waals surface area (Å²) in [5, 5.41) is 18.0. The number of hydrogen-bond donors (Lipinski definition) is 2. The fourth-order valence-electron chi connectivity index (χ4n) is 3.83. The Morgan fingerprint density at radius 2 is 1.94 bits per heavy atom. The standard InChI is InChI=1S/C20H19F2N3O4S2/c1-11-17(12-6-4-3-5-7-12)20(11,18(26)27)25-31(28,29)16-9-8-14(30-16)13-10-15(24-23-13)19(2,21)22/h3-11,17,25H,1-2H3,(H,23,24)(H,26,27)/p-1/t11?,17-,20+/m1/s1. The fourth-order valence-corrected chi connectivity index (χ4v) is 6.55. The van der Waals surface area contributed by atoms with Crippen molar-refractivity contribution >= 4 is 27.3 Å². The maximum Gasteiger partial charge on any atom is 0.286 e. The number of H-pyrrole nitrogens is 1. The van der Waals surface area contributed by atoms with Gasteiger partial charge in [-0.3, -0.25) is 5.10 Å². The smallest absolute Gasteiger partial charge is 0.286 e. The number of aromatic nitrogens is 2. The largest absolute Gasteiger partial charge is 0.548 e. The number of carboxylic acids is 1. The molecular weight excluding hydrogens is 448 g/mol. The Morgan fingerprint density at radius 1 is 1.26 bits per heavy atom. The normalized spacial score (nSPS) is 23.6. The number of nitrogens with zero attached hydrogens (tertiary/aromatic N) is 1. The average molecular weight is 467 g/mol. The molecule has 0 bridgehead atoms. The van der Waals surface area contributed by atoms with Crippen LogP contribution in [0.25, 0.3) is 10.6 Å². The first kappa shape index (κ1) is 21.6. The van der Waals surface area contributed by atoms with Gasteiger partial charge in [0.05, 0.1) is 16.4 Å². The van der Waals surface area contributed by atoms with Crippen LogP contribution < -0.4 is 9.83 Å². The maximum absolute atomic E-state index is 13.4. The molecule has 164 valence electrons. The number of carboxylic acid groups (broad SMARTS) is 1. The highest BCUT2D eigenvalue weighted by Crippen LogP contribution is 2.57. The number of thiophene rings is 1. The van der Waals surface area contributed by atoms with Crippen LogP contribution in [0.5, 0.6) is 0 Å². The summed E-state index contributed by atoms with van der Waals surface area (Å²) in [4.78, 5) is 12.3. The number of nitrogens with one attached hydrogen (secondary N) is 2. The summed E-state index contributed by atoms with van der Waals surface area (Å²) in [6, 6.07) is 12.6. The van der Waals surface area contributed by atoms with Gasteiger partial charge in [0.25, 0.3) is 15.9 Å². The van der Waals surface area contributed by atoms with Crippen molar-refractivity contribution in [2.75, 3.05) is 0 Å². The van der Waals surface area contributed by atoms with Crippen LogP contribution in [-0.4, -0.2) is 30.1 Å². The zero-order valence-corrected chi connectivity index (χ0v) is 18.1. The van der Waals surface area contributed by atoms with E-state index in [-0.39, 0.29) is 9.90 Å². The number of aromatic amines is 1. The molecule has 0 aliphatic heterocycles. The Kier molecular flexibility index (Phi) is 5.02. The number of halogens is 2. The number of carbonyl (C=O) groups is 1. The highest BCUT2D eigenvalue weighted by molar-refractivity contribution is 7.91. The number of carbonyl (C=O) groups excluding carboxylic acids is 1. The molecule has 31 heavy (non-hydrogen) atoms. The van der Waals surface area contributed by atoms with Gasteiger partial charge in [0, 0.05) is 12.8 Å². The first-order valence-electron chi connectivity index (χ1n) is 9.31. The van der Waals surface area contributed by atoms with E-state index in [0.29, 0.717) is 10.4 Å². The Hall–Kier alpha value is -2.63. The van der Waals surface area contributed by atoms with Crippen LogP contribution in [0.15, 0.2) is 52.7 Å². The molecule has 1 aromatic carbocycles. The highest BCUT2D eigenvalue weighted by Gasteiger charge is 2.65. The first-order chi connectivity index (χ1) is 14.5. The molecule has 0 spiro atoms. The molecule has 3 aromatic rings. The van der Waals surface area contributed by atoms with Crippen molar-refractivity contribution in [2.24, 2.45) is 5.92 Å². The zero-order valence-electron chi connectivity index (χ0n) is 16.4. The quantitative estimate of drug-likeness (QED) is 0.555. The molecule has 11 heteroatoms. The van der Waals surface area contributed by atoms with E-state index in [1.165, 1.54) is 12.1 Å². The number of benzene rings is 1. The Bertz CT molecular complexity index is 1230. The molecule has 0 radical (unpaired) electrons. The van der Waals surface area contributed by atoms with Crippen LogP contribution in [0.2, 0.25) is 0 Å². The Morgan fingerprint density at radius 3 is 2.52 bits per heavy atom. The monoisotopic (exact) mass is 466 g/mol. The maximum atomic E-state index is 13.4. The van der Waals surface area contributed by atoms with E-state index in [4.69, 9.17) is 0 Å². The number of sulfonamides is 1. The van der Waals surface area contributed by atoms with Crippen molar-refractivity contribution in [3.8, 4) is 10.6 Å². The molecule has 2 N–H and O–H groups in total. The van der Waals surface area contributed by atoms with Crippen LogP contribution in [0, 0.1) is 5.92 Å². The third-order valence-electron chi connectivity index (χ3n) is 5.55. The number of rotatable bonds is 7. The SMILES string of the molecule is CC1[C@H](c2ccccc2)[C@]1(NS(=O)(=O)c1ccc(-c2cc(C(C)(F)F)[nH]n2)s1)C(=O)[O-]. The summed E-state index contributed by atoms with van der Waals surface area (Å²) in [5.41, 5.74) is -1.31. The van der Waals surface area contributed by atoms with Gasteiger partial charge in [-0.2, -0.15) is 18.6 Å². The van der Waals surface area contributed by atoms with E-state index < -0.39 is 45.0 Å². The molecule has 4 rings (SSSR count). The molecule has 0 saturated heterocycles. The summed E-state index contributed by atoms with van der Waals surface area (Å²) in [7, 11) is -4.22. The molecular formula is C20H18F2N3O4S2-. The third-order valence-corrected chi connectivity index (χ3v) is 8.63. The average Bonchev–Trinajstić information content (AvgIpc) is 3.13. The second-order valence-electron chi connectivity index (χ2n) is 7.61. The first-order valence-corrected chi connectivity index (χ1v) is 11.6. The van der Waals surface area contributed by atoms with Crippen LogP contribution >= 0.6 is 11.3 Å². The number of hydrogen-bond acceptors (Lipinski definition) is 6. The molecule has 1 aliphatic rings. The third kappa shape index (κ3) is 3.66. The van der Waals surface area contributed by atoms with Gasteiger partial charge in [0.2, 0.25) is 0 Å². The van der Waals surface area contributed by atoms with Gasteiger partial charge in [-0.1, -0.05) is 37.3 Å². The lowest BCUT2D eigenvalue weighted by atomic mass is 10.1. The summed E-state index contributed by atoms with van der Waals surface area (Å²) in [6.07, 6.45) is 0. The van der Waals surface area contributed by atoms with E-state index in [1.807, 2.05) is 0 Å². The van der Waals surface area contributed by atoms with Crippen LogP contribution in [0.4, 0.5) is 8.78 Å².